The molecular weight excluding hydrogens is 400 g/mol. The van der Waals surface area contributed by atoms with E-state index in [1.54, 1.807) is 13.8 Å². The molecule has 2 fully saturated rings. The molecule has 0 spiro atoms. The van der Waals surface area contributed by atoms with Crippen molar-refractivity contribution in [2.75, 3.05) is 39.1 Å². The van der Waals surface area contributed by atoms with Crippen molar-refractivity contribution in [2.24, 2.45) is 0 Å². The van der Waals surface area contributed by atoms with Crippen LogP contribution in [0.5, 0.6) is 0 Å². The Morgan fingerprint density at radius 1 is 1.38 bits per heavy atom. The molecule has 2 saturated heterocycles. The molecule has 29 heavy (non-hydrogen) atoms. The summed E-state index contributed by atoms with van der Waals surface area (Å²) in [5.74, 6) is -0.0765. The monoisotopic (exact) mass is 428 g/mol. The minimum Gasteiger partial charge on any atom is -0.385 e. The predicted octanol–water partition coefficient (Wildman–Crippen LogP) is -0.398. The number of hydrogen-bond donors (Lipinski definition) is 1. The zero-order valence-corrected chi connectivity index (χ0v) is 17.8. The van der Waals surface area contributed by atoms with Gasteiger partial charge in [-0.25, -0.2) is 12.7 Å². The third-order valence-electron chi connectivity index (χ3n) is 5.50. The van der Waals surface area contributed by atoms with Crippen molar-refractivity contribution >= 4 is 21.8 Å². The van der Waals surface area contributed by atoms with Gasteiger partial charge in [-0.15, -0.1) is 0 Å². The highest BCUT2D eigenvalue weighted by atomic mass is 32.2. The highest BCUT2D eigenvalue weighted by molar-refractivity contribution is 7.89. The van der Waals surface area contributed by atoms with Crippen LogP contribution in [0.3, 0.4) is 0 Å². The average molecular weight is 429 g/mol. The molecule has 10 nitrogen and oxygen atoms in total. The van der Waals surface area contributed by atoms with Crippen molar-refractivity contribution in [3.05, 3.63) is 17.0 Å². The van der Waals surface area contributed by atoms with Gasteiger partial charge in [0.15, 0.2) is 0 Å². The zero-order valence-electron chi connectivity index (χ0n) is 17.0. The van der Waals surface area contributed by atoms with Gasteiger partial charge >= 0.3 is 0 Å². The summed E-state index contributed by atoms with van der Waals surface area (Å²) < 4.78 is 36.0. The molecule has 0 unspecified atom stereocenters. The molecule has 2 amide bonds. The van der Waals surface area contributed by atoms with Gasteiger partial charge in [0, 0.05) is 45.0 Å². The topological polar surface area (TPSA) is 122 Å². The minimum absolute atomic E-state index is 0.109. The molecule has 0 aromatic carbocycles. The van der Waals surface area contributed by atoms with E-state index in [9.17, 15) is 18.0 Å². The van der Waals surface area contributed by atoms with E-state index in [1.165, 1.54) is 7.11 Å². The minimum atomic E-state index is -3.63. The Morgan fingerprint density at radius 3 is 2.79 bits per heavy atom. The number of rotatable bonds is 7. The molecule has 162 valence electrons. The second kappa shape index (κ2) is 8.80. The number of ether oxygens (including phenoxy) is 1. The van der Waals surface area contributed by atoms with Gasteiger partial charge in [0.1, 0.15) is 5.76 Å². The first kappa shape index (κ1) is 21.7. The fraction of sp³-hybridized carbons (Fsp3) is 0.722. The standard InChI is InChI=1S/C18H28N4O6S/c1-12-15(13(2)28-20-12)10-17(23)19-14-9-16-18(24)22(5-4-7-27-3)29(25,26)8-6-21(16)11-14/h14,16H,4-11H2,1-3H3,(H,19,23)/t14-,16-/m0/s1. The summed E-state index contributed by atoms with van der Waals surface area (Å²) in [5, 5.41) is 6.82. The molecule has 11 heteroatoms. The highest BCUT2D eigenvalue weighted by Gasteiger charge is 2.45. The number of carbonyl (C=O) groups is 2. The van der Waals surface area contributed by atoms with Crippen LogP contribution in [0.2, 0.25) is 0 Å². The number of carbonyl (C=O) groups excluding carboxylic acids is 2. The first-order valence-electron chi connectivity index (χ1n) is 9.71. The van der Waals surface area contributed by atoms with Gasteiger partial charge in [0.25, 0.3) is 5.91 Å². The quantitative estimate of drug-likeness (QED) is 0.582. The number of nitrogens with zero attached hydrogens (tertiary/aromatic N) is 3. The van der Waals surface area contributed by atoms with Crippen LogP contribution >= 0.6 is 0 Å². The molecule has 2 atom stereocenters. The molecular formula is C18H28N4O6S. The normalized spacial score (nSPS) is 24.4. The van der Waals surface area contributed by atoms with Gasteiger partial charge in [0.05, 0.1) is 23.9 Å². The summed E-state index contributed by atoms with van der Waals surface area (Å²) in [6.45, 7) is 4.77. The number of aromatic nitrogens is 1. The molecule has 1 aromatic rings. The molecule has 3 rings (SSSR count). The van der Waals surface area contributed by atoms with Gasteiger partial charge in [-0.1, -0.05) is 5.16 Å². The number of amides is 2. The Bertz CT molecular complexity index is 848. The zero-order chi connectivity index (χ0) is 21.2. The number of fused-ring (bicyclic) bond motifs is 1. The molecule has 0 radical (unpaired) electrons. The SMILES string of the molecule is COCCCN1C(=O)[C@@H]2C[C@H](NC(=O)Cc3c(C)noc3C)CN2CCS1(=O)=O. The molecule has 0 saturated carbocycles. The molecule has 2 aliphatic heterocycles. The Kier molecular flexibility index (Phi) is 6.59. The summed E-state index contributed by atoms with van der Waals surface area (Å²) in [6.07, 6.45) is 1.00. The van der Waals surface area contributed by atoms with Gasteiger partial charge in [-0.2, -0.15) is 0 Å². The summed E-state index contributed by atoms with van der Waals surface area (Å²) in [6, 6.07) is -0.752. The first-order valence-corrected chi connectivity index (χ1v) is 11.3. The lowest BCUT2D eigenvalue weighted by atomic mass is 10.1. The number of aryl methyl sites for hydroxylation is 2. The van der Waals surface area contributed by atoms with E-state index < -0.39 is 22.0 Å². The summed E-state index contributed by atoms with van der Waals surface area (Å²) >= 11 is 0. The lowest BCUT2D eigenvalue weighted by Gasteiger charge is -2.23. The van der Waals surface area contributed by atoms with Crippen molar-refractivity contribution in [1.82, 2.24) is 19.7 Å². The predicted molar refractivity (Wildman–Crippen MR) is 104 cm³/mol. The van der Waals surface area contributed by atoms with Crippen LogP contribution in [0, 0.1) is 13.8 Å². The number of sulfonamides is 1. The van der Waals surface area contributed by atoms with Gasteiger partial charge in [-0.05, 0) is 26.7 Å². The average Bonchev–Trinajstić information content (AvgIpc) is 3.18. The van der Waals surface area contributed by atoms with E-state index in [2.05, 4.69) is 10.5 Å². The second-order valence-corrected chi connectivity index (χ2v) is 9.58. The fourth-order valence-corrected chi connectivity index (χ4v) is 5.44. The van der Waals surface area contributed by atoms with Gasteiger partial charge in [0.2, 0.25) is 15.9 Å². The number of hydrogen-bond acceptors (Lipinski definition) is 8. The van der Waals surface area contributed by atoms with Crippen molar-refractivity contribution in [2.45, 2.75) is 45.2 Å². The van der Waals surface area contributed by atoms with E-state index >= 15 is 0 Å². The largest absolute Gasteiger partial charge is 0.385 e. The van der Waals surface area contributed by atoms with Crippen LogP contribution in [0.25, 0.3) is 0 Å². The van der Waals surface area contributed by atoms with E-state index in [1.807, 2.05) is 4.90 Å². The highest BCUT2D eigenvalue weighted by Crippen LogP contribution is 2.25. The Morgan fingerprint density at radius 2 is 2.14 bits per heavy atom. The molecule has 3 heterocycles. The third kappa shape index (κ3) is 4.78. The Balaban J connectivity index is 1.63. The number of methoxy groups -OCH3 is 1. The van der Waals surface area contributed by atoms with Crippen molar-refractivity contribution in [3.63, 3.8) is 0 Å². The van der Waals surface area contributed by atoms with E-state index in [0.717, 1.165) is 9.87 Å². The van der Waals surface area contributed by atoms with E-state index in [0.29, 0.717) is 37.4 Å². The fourth-order valence-electron chi connectivity index (χ4n) is 3.95. The molecule has 0 aliphatic carbocycles. The van der Waals surface area contributed by atoms with Crippen molar-refractivity contribution < 1.29 is 27.3 Å². The smallest absolute Gasteiger partial charge is 0.253 e. The number of nitrogens with one attached hydrogen (secondary N) is 1. The first-order chi connectivity index (χ1) is 13.7. The van der Waals surface area contributed by atoms with Crippen LogP contribution in [-0.4, -0.2) is 85.8 Å². The molecule has 1 aromatic heterocycles. The van der Waals surface area contributed by atoms with Crippen molar-refractivity contribution in [3.8, 4) is 0 Å². The summed E-state index contributed by atoms with van der Waals surface area (Å²) in [5.41, 5.74) is 1.45. The lowest BCUT2D eigenvalue weighted by molar-refractivity contribution is -0.130. The molecule has 1 N–H and O–H groups in total. The Labute approximate surface area is 170 Å². The second-order valence-electron chi connectivity index (χ2n) is 7.56. The van der Waals surface area contributed by atoms with Gasteiger partial charge < -0.3 is 14.6 Å². The lowest BCUT2D eigenvalue weighted by Crippen LogP contribution is -2.44. The molecule has 2 aliphatic rings. The van der Waals surface area contributed by atoms with Gasteiger partial charge in [-0.3, -0.25) is 14.5 Å². The van der Waals surface area contributed by atoms with Crippen LogP contribution in [0.4, 0.5) is 0 Å². The summed E-state index contributed by atoms with van der Waals surface area (Å²) in [4.78, 5) is 27.3. The maximum Gasteiger partial charge on any atom is 0.253 e. The van der Waals surface area contributed by atoms with E-state index in [4.69, 9.17) is 9.26 Å². The van der Waals surface area contributed by atoms with Crippen molar-refractivity contribution in [1.29, 1.82) is 0 Å². The maximum atomic E-state index is 12.9. The Hall–Kier alpha value is -1.98. The van der Waals surface area contributed by atoms with Crippen LogP contribution in [0.15, 0.2) is 4.52 Å². The maximum absolute atomic E-state index is 12.9. The third-order valence-corrected chi connectivity index (χ3v) is 7.23. The van der Waals surface area contributed by atoms with Crippen LogP contribution < -0.4 is 5.32 Å². The van der Waals surface area contributed by atoms with Crippen LogP contribution in [-0.2, 0) is 30.8 Å². The van der Waals surface area contributed by atoms with Crippen LogP contribution in [0.1, 0.15) is 29.9 Å². The van der Waals surface area contributed by atoms with E-state index in [-0.39, 0.29) is 37.2 Å². The molecule has 0 bridgehead atoms. The summed E-state index contributed by atoms with van der Waals surface area (Å²) in [7, 11) is -2.10.